The first kappa shape index (κ1) is 14.3. The van der Waals surface area contributed by atoms with Crippen LogP contribution < -0.4 is 5.73 Å². The van der Waals surface area contributed by atoms with Gasteiger partial charge in [-0.25, -0.2) is 4.98 Å². The van der Waals surface area contributed by atoms with Crippen molar-refractivity contribution in [1.29, 1.82) is 0 Å². The maximum Gasteiger partial charge on any atom is 0.272 e. The van der Waals surface area contributed by atoms with Gasteiger partial charge in [0.15, 0.2) is 0 Å². The predicted molar refractivity (Wildman–Crippen MR) is 79.4 cm³/mol. The van der Waals surface area contributed by atoms with E-state index in [2.05, 4.69) is 4.98 Å². The molecule has 0 aliphatic heterocycles. The molecular weight excluding hydrogens is 254 g/mol. The lowest BCUT2D eigenvalue weighted by Crippen LogP contribution is -2.30. The van der Waals surface area contributed by atoms with E-state index in [-0.39, 0.29) is 5.91 Å². The Hall–Kier alpha value is -2.14. The highest BCUT2D eigenvalue weighted by molar-refractivity contribution is 5.99. The first-order valence-electron chi connectivity index (χ1n) is 6.58. The molecule has 0 saturated heterocycles. The number of nitrogen functional groups attached to an aromatic ring is 1. The zero-order chi connectivity index (χ0) is 14.7. The van der Waals surface area contributed by atoms with Gasteiger partial charge in [-0.05, 0) is 25.5 Å². The number of aromatic nitrogens is 1. The third-order valence-corrected chi connectivity index (χ3v) is 3.20. The minimum Gasteiger partial charge on any atom is -0.398 e. The summed E-state index contributed by atoms with van der Waals surface area (Å²) in [5.74, 6) is -0.192. The van der Waals surface area contributed by atoms with Gasteiger partial charge in [-0.15, -0.1) is 0 Å². The van der Waals surface area contributed by atoms with Crippen molar-refractivity contribution in [3.05, 3.63) is 36.0 Å². The number of aliphatic hydroxyl groups excluding tert-OH is 1. The van der Waals surface area contributed by atoms with E-state index in [1.54, 1.807) is 24.9 Å². The second kappa shape index (κ2) is 5.88. The van der Waals surface area contributed by atoms with E-state index in [1.807, 2.05) is 24.3 Å². The summed E-state index contributed by atoms with van der Waals surface area (Å²) >= 11 is 0. The number of benzene rings is 1. The molecule has 2 rings (SSSR count). The molecule has 1 amide bonds. The van der Waals surface area contributed by atoms with Crippen molar-refractivity contribution >= 4 is 22.5 Å². The van der Waals surface area contributed by atoms with Crippen LogP contribution in [0.3, 0.4) is 0 Å². The number of para-hydroxylation sites is 1. The lowest BCUT2D eigenvalue weighted by Gasteiger charge is -2.18. The van der Waals surface area contributed by atoms with Crippen LogP contribution in [0.5, 0.6) is 0 Å². The fraction of sp³-hybridized carbons (Fsp3) is 0.333. The number of carbonyl (C=O) groups excluding carboxylic acids is 1. The van der Waals surface area contributed by atoms with E-state index in [4.69, 9.17) is 5.73 Å². The Morgan fingerprint density at radius 1 is 1.45 bits per heavy atom. The van der Waals surface area contributed by atoms with Crippen LogP contribution in [0.4, 0.5) is 5.69 Å². The number of amides is 1. The van der Waals surface area contributed by atoms with Crippen LogP contribution in [-0.4, -0.2) is 40.6 Å². The maximum absolute atomic E-state index is 12.3. The van der Waals surface area contributed by atoms with E-state index in [0.29, 0.717) is 29.9 Å². The van der Waals surface area contributed by atoms with Gasteiger partial charge < -0.3 is 15.7 Å². The molecule has 0 spiro atoms. The monoisotopic (exact) mass is 273 g/mol. The molecule has 0 aliphatic carbocycles. The van der Waals surface area contributed by atoms with Gasteiger partial charge in [0.05, 0.1) is 11.6 Å². The van der Waals surface area contributed by atoms with Crippen molar-refractivity contribution in [2.75, 3.05) is 19.3 Å². The summed E-state index contributed by atoms with van der Waals surface area (Å²) < 4.78 is 0. The van der Waals surface area contributed by atoms with Crippen molar-refractivity contribution in [1.82, 2.24) is 9.88 Å². The van der Waals surface area contributed by atoms with Gasteiger partial charge in [0.2, 0.25) is 0 Å². The number of rotatable bonds is 4. The van der Waals surface area contributed by atoms with Crippen molar-refractivity contribution in [2.45, 2.75) is 19.4 Å². The number of fused-ring (bicyclic) bond motifs is 1. The molecule has 1 heterocycles. The molecule has 0 saturated carbocycles. The van der Waals surface area contributed by atoms with E-state index in [9.17, 15) is 9.90 Å². The summed E-state index contributed by atoms with van der Waals surface area (Å²) in [6.45, 7) is 2.18. The fourth-order valence-electron chi connectivity index (χ4n) is 1.99. The van der Waals surface area contributed by atoms with Gasteiger partial charge in [-0.3, -0.25) is 4.79 Å². The molecule has 0 radical (unpaired) electrons. The van der Waals surface area contributed by atoms with Crippen LogP contribution >= 0.6 is 0 Å². The number of anilines is 1. The van der Waals surface area contributed by atoms with Gasteiger partial charge in [-0.2, -0.15) is 0 Å². The Labute approximate surface area is 118 Å². The highest BCUT2D eigenvalue weighted by atomic mass is 16.3. The third-order valence-electron chi connectivity index (χ3n) is 3.20. The molecule has 20 heavy (non-hydrogen) atoms. The minimum atomic E-state index is -0.431. The maximum atomic E-state index is 12.3. The first-order valence-corrected chi connectivity index (χ1v) is 6.58. The zero-order valence-electron chi connectivity index (χ0n) is 11.7. The quantitative estimate of drug-likeness (QED) is 0.888. The number of pyridine rings is 1. The van der Waals surface area contributed by atoms with Crippen molar-refractivity contribution in [3.63, 3.8) is 0 Å². The van der Waals surface area contributed by atoms with E-state index in [0.717, 1.165) is 5.39 Å². The van der Waals surface area contributed by atoms with Crippen molar-refractivity contribution in [3.8, 4) is 0 Å². The van der Waals surface area contributed by atoms with E-state index in [1.165, 1.54) is 0 Å². The Morgan fingerprint density at radius 3 is 2.85 bits per heavy atom. The molecule has 1 unspecified atom stereocenters. The molecule has 2 aromatic rings. The molecule has 0 aliphatic rings. The summed E-state index contributed by atoms with van der Waals surface area (Å²) in [4.78, 5) is 18.2. The molecule has 0 bridgehead atoms. The van der Waals surface area contributed by atoms with Gasteiger partial charge in [0.1, 0.15) is 5.69 Å². The van der Waals surface area contributed by atoms with Crippen LogP contribution in [0.2, 0.25) is 0 Å². The first-order chi connectivity index (χ1) is 9.49. The normalized spacial score (nSPS) is 12.3. The Kier molecular flexibility index (Phi) is 4.20. The molecular formula is C15H19N3O2. The smallest absolute Gasteiger partial charge is 0.272 e. The van der Waals surface area contributed by atoms with Crippen molar-refractivity contribution in [2.24, 2.45) is 0 Å². The van der Waals surface area contributed by atoms with Crippen LogP contribution in [0, 0.1) is 0 Å². The molecule has 106 valence electrons. The Balaban J connectivity index is 2.26. The lowest BCUT2D eigenvalue weighted by atomic mass is 10.1. The topological polar surface area (TPSA) is 79.5 Å². The summed E-state index contributed by atoms with van der Waals surface area (Å²) in [6, 6.07) is 9.06. The second-order valence-electron chi connectivity index (χ2n) is 4.98. The molecule has 1 atom stereocenters. The zero-order valence-corrected chi connectivity index (χ0v) is 11.7. The molecule has 3 N–H and O–H groups in total. The summed E-state index contributed by atoms with van der Waals surface area (Å²) in [5, 5.41) is 10.1. The fourth-order valence-corrected chi connectivity index (χ4v) is 1.99. The van der Waals surface area contributed by atoms with Gasteiger partial charge in [0, 0.05) is 24.7 Å². The Morgan fingerprint density at radius 2 is 2.15 bits per heavy atom. The second-order valence-corrected chi connectivity index (χ2v) is 4.98. The standard InChI is InChI=1S/C15H19N3O2/c1-10(19)7-8-18(2)15(20)14-9-12(16)11-5-3-4-6-13(11)17-14/h3-6,9-10,19H,7-8H2,1-2H3,(H2,16,17). The number of hydrogen-bond donors (Lipinski definition) is 2. The summed E-state index contributed by atoms with van der Waals surface area (Å²) in [5.41, 5.74) is 7.55. The number of nitrogens with two attached hydrogens (primary N) is 1. The lowest BCUT2D eigenvalue weighted by molar-refractivity contribution is 0.0763. The molecule has 0 fully saturated rings. The minimum absolute atomic E-state index is 0.192. The molecule has 1 aromatic heterocycles. The number of aliphatic hydroxyl groups is 1. The largest absolute Gasteiger partial charge is 0.398 e. The summed E-state index contributed by atoms with van der Waals surface area (Å²) in [7, 11) is 1.69. The third kappa shape index (κ3) is 3.05. The number of hydrogen-bond acceptors (Lipinski definition) is 4. The van der Waals surface area contributed by atoms with Gasteiger partial charge in [-0.1, -0.05) is 18.2 Å². The van der Waals surface area contributed by atoms with E-state index < -0.39 is 6.10 Å². The Bertz CT molecular complexity index is 626. The van der Waals surface area contributed by atoms with Crippen LogP contribution in [0.15, 0.2) is 30.3 Å². The highest BCUT2D eigenvalue weighted by Gasteiger charge is 2.15. The number of nitrogens with zero attached hydrogens (tertiary/aromatic N) is 2. The average Bonchev–Trinajstić information content (AvgIpc) is 2.43. The highest BCUT2D eigenvalue weighted by Crippen LogP contribution is 2.20. The van der Waals surface area contributed by atoms with Gasteiger partial charge in [0.25, 0.3) is 5.91 Å². The summed E-state index contributed by atoms with van der Waals surface area (Å²) in [6.07, 6.45) is 0.102. The van der Waals surface area contributed by atoms with Crippen LogP contribution in [0.25, 0.3) is 10.9 Å². The molecule has 5 nitrogen and oxygen atoms in total. The van der Waals surface area contributed by atoms with Crippen LogP contribution in [0.1, 0.15) is 23.8 Å². The SMILES string of the molecule is CC(O)CCN(C)C(=O)c1cc(N)c2ccccc2n1. The molecule has 1 aromatic carbocycles. The average molecular weight is 273 g/mol. The van der Waals surface area contributed by atoms with E-state index >= 15 is 0 Å². The van der Waals surface area contributed by atoms with Gasteiger partial charge >= 0.3 is 0 Å². The molecule has 5 heteroatoms. The number of carbonyl (C=O) groups is 1. The predicted octanol–water partition coefficient (Wildman–Crippen LogP) is 1.66. The van der Waals surface area contributed by atoms with Crippen molar-refractivity contribution < 1.29 is 9.90 Å². The van der Waals surface area contributed by atoms with Crippen LogP contribution in [-0.2, 0) is 0 Å².